The lowest BCUT2D eigenvalue weighted by molar-refractivity contribution is 0.0898. The molecule has 0 spiro atoms. The van der Waals surface area contributed by atoms with Crippen LogP contribution in [-0.4, -0.2) is 47.0 Å². The van der Waals surface area contributed by atoms with E-state index in [2.05, 4.69) is 25.5 Å². The summed E-state index contributed by atoms with van der Waals surface area (Å²) in [5.41, 5.74) is 0.991. The molecule has 26 heavy (non-hydrogen) atoms. The molecule has 0 unspecified atom stereocenters. The summed E-state index contributed by atoms with van der Waals surface area (Å²) in [6.45, 7) is 0.784. The molecule has 1 aliphatic rings. The third kappa shape index (κ3) is 5.19. The number of hydrogen-bond donors (Lipinski definition) is 2. The van der Waals surface area contributed by atoms with Crippen molar-refractivity contribution in [2.75, 3.05) is 19.4 Å². The normalized spacial score (nSPS) is 20.2. The van der Waals surface area contributed by atoms with Crippen molar-refractivity contribution in [2.24, 2.45) is 0 Å². The maximum atomic E-state index is 12.1. The molecule has 1 fully saturated rings. The monoisotopic (exact) mass is 377 g/mol. The third-order valence-corrected chi connectivity index (χ3v) is 4.59. The van der Waals surface area contributed by atoms with Crippen molar-refractivity contribution in [3.05, 3.63) is 41.1 Å². The van der Waals surface area contributed by atoms with Crippen LogP contribution in [0.25, 0.3) is 0 Å². The molecule has 1 amide bonds. The fourth-order valence-electron chi connectivity index (χ4n) is 3.14. The first-order valence-corrected chi connectivity index (χ1v) is 9.17. The molecule has 1 saturated carbocycles. The lowest BCUT2D eigenvalue weighted by atomic mass is 9.91. The summed E-state index contributed by atoms with van der Waals surface area (Å²) in [5.74, 6) is 0.705. The van der Waals surface area contributed by atoms with E-state index in [1.165, 1.54) is 0 Å². The Morgan fingerprint density at radius 2 is 1.96 bits per heavy atom. The first-order chi connectivity index (χ1) is 12.5. The molecule has 0 saturated heterocycles. The van der Waals surface area contributed by atoms with E-state index in [1.54, 1.807) is 18.3 Å². The molecule has 2 aromatic rings. The van der Waals surface area contributed by atoms with Crippen LogP contribution in [0.15, 0.2) is 28.8 Å². The number of carbonyl (C=O) groups excluding carboxylic acids is 1. The topological polar surface area (TPSA) is 83.3 Å². The Labute approximate surface area is 158 Å². The molecule has 0 aliphatic heterocycles. The van der Waals surface area contributed by atoms with Gasteiger partial charge in [-0.3, -0.25) is 4.79 Å². The van der Waals surface area contributed by atoms with E-state index in [0.29, 0.717) is 12.0 Å². The Morgan fingerprint density at radius 3 is 2.62 bits per heavy atom. The largest absolute Gasteiger partial charge is 0.440 e. The molecule has 3 rings (SSSR count). The number of nitrogens with one attached hydrogen (secondary N) is 2. The quantitative estimate of drug-likeness (QED) is 0.805. The van der Waals surface area contributed by atoms with Crippen molar-refractivity contribution >= 4 is 23.5 Å². The molecule has 8 heteroatoms. The number of furan rings is 1. The molecule has 140 valence electrons. The molecule has 0 aromatic carbocycles. The van der Waals surface area contributed by atoms with E-state index < -0.39 is 0 Å². The summed E-state index contributed by atoms with van der Waals surface area (Å²) < 4.78 is 5.15. The lowest BCUT2D eigenvalue weighted by Crippen LogP contribution is -2.40. The van der Waals surface area contributed by atoms with Gasteiger partial charge in [0, 0.05) is 24.8 Å². The Kier molecular flexibility index (Phi) is 6.11. The number of amides is 1. The highest BCUT2D eigenvalue weighted by Gasteiger charge is 2.24. The summed E-state index contributed by atoms with van der Waals surface area (Å²) in [5, 5.41) is 6.64. The van der Waals surface area contributed by atoms with Crippen LogP contribution in [0.2, 0.25) is 5.22 Å². The van der Waals surface area contributed by atoms with Gasteiger partial charge in [-0.1, -0.05) is 0 Å². The summed E-state index contributed by atoms with van der Waals surface area (Å²) in [4.78, 5) is 23.1. The predicted molar refractivity (Wildman–Crippen MR) is 100 cm³/mol. The Hall–Kier alpha value is -2.12. The van der Waals surface area contributed by atoms with E-state index >= 15 is 0 Å². The molecule has 2 N–H and O–H groups in total. The maximum absolute atomic E-state index is 12.1. The fraction of sp³-hybridized carbons (Fsp3) is 0.500. The molecular weight excluding hydrogens is 354 g/mol. The van der Waals surface area contributed by atoms with Gasteiger partial charge in [-0.15, -0.1) is 0 Å². The van der Waals surface area contributed by atoms with Gasteiger partial charge in [-0.2, -0.15) is 0 Å². The Bertz CT molecular complexity index is 741. The Balaban J connectivity index is 1.47. The zero-order valence-corrected chi connectivity index (χ0v) is 15.8. The molecule has 7 nitrogen and oxygen atoms in total. The maximum Gasteiger partial charge on any atom is 0.287 e. The van der Waals surface area contributed by atoms with E-state index in [4.69, 9.17) is 16.0 Å². The minimum absolute atomic E-state index is 0.144. The van der Waals surface area contributed by atoms with Crippen molar-refractivity contribution in [3.63, 3.8) is 0 Å². The summed E-state index contributed by atoms with van der Waals surface area (Å²) in [7, 11) is 4.03. The molecule has 2 heterocycles. The predicted octanol–water partition coefficient (Wildman–Crippen LogP) is 2.94. The summed E-state index contributed by atoms with van der Waals surface area (Å²) in [6.07, 6.45) is 5.48. The third-order valence-electron chi connectivity index (χ3n) is 4.38. The van der Waals surface area contributed by atoms with Gasteiger partial charge in [0.15, 0.2) is 11.0 Å². The first kappa shape index (κ1) is 18.7. The lowest BCUT2D eigenvalue weighted by Gasteiger charge is -2.29. The number of hydrogen-bond acceptors (Lipinski definition) is 6. The number of aromatic nitrogens is 2. The van der Waals surface area contributed by atoms with Gasteiger partial charge in [-0.25, -0.2) is 9.97 Å². The number of anilines is 1. The average molecular weight is 378 g/mol. The number of halogens is 1. The first-order valence-electron chi connectivity index (χ1n) is 8.79. The molecule has 2 aromatic heterocycles. The van der Waals surface area contributed by atoms with E-state index in [9.17, 15) is 4.79 Å². The van der Waals surface area contributed by atoms with Crippen molar-refractivity contribution in [3.8, 4) is 0 Å². The molecule has 0 bridgehead atoms. The van der Waals surface area contributed by atoms with Crippen LogP contribution >= 0.6 is 11.6 Å². The van der Waals surface area contributed by atoms with Gasteiger partial charge >= 0.3 is 0 Å². The average Bonchev–Trinajstić information content (AvgIpc) is 3.03. The molecular formula is C18H24ClN5O2. The van der Waals surface area contributed by atoms with Gasteiger partial charge in [0.25, 0.3) is 5.91 Å². The van der Waals surface area contributed by atoms with Crippen LogP contribution in [-0.2, 0) is 6.54 Å². The van der Waals surface area contributed by atoms with Crippen LogP contribution in [0.1, 0.15) is 41.9 Å². The highest BCUT2D eigenvalue weighted by Crippen LogP contribution is 2.22. The van der Waals surface area contributed by atoms with Crippen LogP contribution in [0, 0.1) is 0 Å². The van der Waals surface area contributed by atoms with Crippen molar-refractivity contribution < 1.29 is 9.21 Å². The SMILES string of the molecule is CN(C)Cc1ccnc(NC2CCC(NC(=O)c3ccc(Cl)o3)CC2)n1. The smallest absolute Gasteiger partial charge is 0.287 e. The van der Waals surface area contributed by atoms with Gasteiger partial charge in [0.2, 0.25) is 5.95 Å². The number of carbonyl (C=O) groups is 1. The van der Waals surface area contributed by atoms with Crippen LogP contribution in [0.5, 0.6) is 0 Å². The van der Waals surface area contributed by atoms with E-state index in [-0.39, 0.29) is 22.9 Å². The van der Waals surface area contributed by atoms with Crippen molar-refractivity contribution in [2.45, 2.75) is 44.3 Å². The molecule has 0 atom stereocenters. The van der Waals surface area contributed by atoms with Crippen LogP contribution < -0.4 is 10.6 Å². The van der Waals surface area contributed by atoms with Gasteiger partial charge < -0.3 is 20.0 Å². The number of rotatable bonds is 6. The second-order valence-electron chi connectivity index (χ2n) is 6.88. The standard InChI is InChI=1S/C18H24ClN5O2/c1-24(2)11-14-9-10-20-18(23-14)22-13-5-3-12(4-6-13)21-17(25)15-7-8-16(19)26-15/h7-10,12-13H,3-6,11H2,1-2H3,(H,21,25)(H,20,22,23). The highest BCUT2D eigenvalue weighted by atomic mass is 35.5. The number of nitrogens with zero attached hydrogens (tertiary/aromatic N) is 3. The summed E-state index contributed by atoms with van der Waals surface area (Å²) in [6, 6.07) is 5.55. The minimum atomic E-state index is -0.215. The fourth-order valence-corrected chi connectivity index (χ4v) is 3.28. The van der Waals surface area contributed by atoms with Crippen molar-refractivity contribution in [1.29, 1.82) is 0 Å². The van der Waals surface area contributed by atoms with Gasteiger partial charge in [-0.05, 0) is 69.6 Å². The molecule has 0 radical (unpaired) electrons. The summed E-state index contributed by atoms with van der Waals surface area (Å²) >= 11 is 5.71. The minimum Gasteiger partial charge on any atom is -0.440 e. The van der Waals surface area contributed by atoms with Gasteiger partial charge in [0.1, 0.15) is 0 Å². The Morgan fingerprint density at radius 1 is 1.23 bits per heavy atom. The van der Waals surface area contributed by atoms with E-state index in [0.717, 1.165) is 37.9 Å². The molecule has 1 aliphatic carbocycles. The second-order valence-corrected chi connectivity index (χ2v) is 7.25. The zero-order chi connectivity index (χ0) is 18.5. The second kappa shape index (κ2) is 8.51. The van der Waals surface area contributed by atoms with Crippen molar-refractivity contribution in [1.82, 2.24) is 20.2 Å². The highest BCUT2D eigenvalue weighted by molar-refractivity contribution is 6.29. The van der Waals surface area contributed by atoms with Crippen LogP contribution in [0.4, 0.5) is 5.95 Å². The van der Waals surface area contributed by atoms with Crippen LogP contribution in [0.3, 0.4) is 0 Å². The zero-order valence-electron chi connectivity index (χ0n) is 15.0. The van der Waals surface area contributed by atoms with Gasteiger partial charge in [0.05, 0.1) is 5.69 Å². The van der Waals surface area contributed by atoms with E-state index in [1.807, 2.05) is 20.2 Å².